The van der Waals surface area contributed by atoms with Crippen molar-refractivity contribution in [2.24, 2.45) is 5.41 Å². The molecule has 0 heterocycles. The first-order valence-electron chi connectivity index (χ1n) is 6.23. The van der Waals surface area contributed by atoms with Crippen molar-refractivity contribution in [3.8, 4) is 0 Å². The van der Waals surface area contributed by atoms with Crippen molar-refractivity contribution in [3.05, 3.63) is 23.3 Å². The van der Waals surface area contributed by atoms with E-state index < -0.39 is 0 Å². The number of Topliss-reactive ketones (excluding diaryl/α,β-unsaturated/α-hetero) is 1. The first-order valence-corrected chi connectivity index (χ1v) is 6.23. The van der Waals surface area contributed by atoms with Gasteiger partial charge in [-0.15, -0.1) is 0 Å². The van der Waals surface area contributed by atoms with Crippen LogP contribution >= 0.6 is 0 Å². The Balaban J connectivity index is 2.82. The van der Waals surface area contributed by atoms with Gasteiger partial charge in [-0.25, -0.2) is 0 Å². The van der Waals surface area contributed by atoms with Gasteiger partial charge in [-0.05, 0) is 50.2 Å². The molecule has 1 aliphatic rings. The van der Waals surface area contributed by atoms with E-state index in [1.807, 2.05) is 6.08 Å². The lowest BCUT2D eigenvalue weighted by molar-refractivity contribution is -0.123. The third-order valence-electron chi connectivity index (χ3n) is 3.40. The molecule has 0 aromatic heterocycles. The van der Waals surface area contributed by atoms with Crippen LogP contribution in [0, 0.1) is 5.41 Å². The number of hydrogen-bond donors (Lipinski definition) is 0. The summed E-state index contributed by atoms with van der Waals surface area (Å²) in [7, 11) is 0. The molecule has 0 amide bonds. The molecule has 0 radical (unpaired) electrons. The summed E-state index contributed by atoms with van der Waals surface area (Å²) in [5.41, 5.74) is 2.78. The van der Waals surface area contributed by atoms with Gasteiger partial charge in [0.05, 0.1) is 6.42 Å². The molecule has 0 bridgehead atoms. The van der Waals surface area contributed by atoms with Crippen molar-refractivity contribution in [2.45, 2.75) is 53.4 Å². The average molecular weight is 234 g/mol. The van der Waals surface area contributed by atoms with Gasteiger partial charge in [0.1, 0.15) is 5.78 Å². The number of carbonyl (C=O) groups excluding carboxylic acids is 2. The Morgan fingerprint density at radius 1 is 1.35 bits per heavy atom. The van der Waals surface area contributed by atoms with E-state index >= 15 is 0 Å². The number of allylic oxidation sites excluding steroid dienone is 4. The Morgan fingerprint density at radius 2 is 2.00 bits per heavy atom. The minimum absolute atomic E-state index is 0.0171. The van der Waals surface area contributed by atoms with Crippen molar-refractivity contribution < 1.29 is 9.59 Å². The van der Waals surface area contributed by atoms with Crippen LogP contribution in [-0.4, -0.2) is 11.6 Å². The lowest BCUT2D eigenvalue weighted by atomic mass is 9.72. The highest BCUT2D eigenvalue weighted by Crippen LogP contribution is 2.40. The van der Waals surface area contributed by atoms with Gasteiger partial charge in [0.2, 0.25) is 0 Å². The molecule has 0 unspecified atom stereocenters. The molecule has 0 aromatic carbocycles. The van der Waals surface area contributed by atoms with Crippen molar-refractivity contribution in [3.63, 3.8) is 0 Å². The van der Waals surface area contributed by atoms with E-state index in [9.17, 15) is 9.59 Å². The molecule has 0 spiro atoms. The van der Waals surface area contributed by atoms with E-state index in [2.05, 4.69) is 20.8 Å². The first kappa shape index (κ1) is 13.9. The molecular weight excluding hydrogens is 212 g/mol. The third-order valence-corrected chi connectivity index (χ3v) is 3.40. The summed E-state index contributed by atoms with van der Waals surface area (Å²) in [6.07, 6.45) is 6.99. The monoisotopic (exact) mass is 234 g/mol. The van der Waals surface area contributed by atoms with Crippen LogP contribution in [0.1, 0.15) is 53.4 Å². The fourth-order valence-corrected chi connectivity index (χ4v) is 2.49. The zero-order valence-corrected chi connectivity index (χ0v) is 11.3. The highest BCUT2D eigenvalue weighted by molar-refractivity contribution is 6.03. The molecule has 17 heavy (non-hydrogen) atoms. The smallest absolute Gasteiger partial charge is 0.163 e. The molecule has 1 aliphatic carbocycles. The Bertz CT molecular complexity index is 384. The molecule has 0 aromatic rings. The highest BCUT2D eigenvalue weighted by atomic mass is 16.1. The van der Waals surface area contributed by atoms with Crippen LogP contribution in [0.15, 0.2) is 23.3 Å². The predicted octanol–water partition coefficient (Wildman–Crippen LogP) is 3.62. The van der Waals surface area contributed by atoms with E-state index in [1.165, 1.54) is 24.5 Å². The van der Waals surface area contributed by atoms with Crippen molar-refractivity contribution >= 4 is 11.6 Å². The number of rotatable bonds is 4. The van der Waals surface area contributed by atoms with Crippen LogP contribution in [0.4, 0.5) is 0 Å². The largest absolute Gasteiger partial charge is 0.300 e. The number of hydrogen-bond acceptors (Lipinski definition) is 2. The van der Waals surface area contributed by atoms with E-state index in [-0.39, 0.29) is 23.4 Å². The maximum atomic E-state index is 11.5. The van der Waals surface area contributed by atoms with E-state index in [0.29, 0.717) is 0 Å². The van der Waals surface area contributed by atoms with Gasteiger partial charge in [-0.3, -0.25) is 9.59 Å². The van der Waals surface area contributed by atoms with E-state index in [1.54, 1.807) is 6.08 Å². The highest BCUT2D eigenvalue weighted by Gasteiger charge is 2.26. The van der Waals surface area contributed by atoms with Crippen LogP contribution in [-0.2, 0) is 9.59 Å². The minimum Gasteiger partial charge on any atom is -0.300 e. The average Bonchev–Trinajstić information content (AvgIpc) is 2.14. The molecule has 0 fully saturated rings. The Labute approximate surface area is 104 Å². The summed E-state index contributed by atoms with van der Waals surface area (Å²) in [5, 5.41) is 0. The second kappa shape index (κ2) is 5.44. The molecule has 0 atom stereocenters. The zero-order chi connectivity index (χ0) is 13.1. The number of ketones is 2. The zero-order valence-electron chi connectivity index (χ0n) is 11.3. The second-order valence-electron chi connectivity index (χ2n) is 5.61. The molecule has 0 N–H and O–H groups in total. The van der Waals surface area contributed by atoms with Gasteiger partial charge in [0.25, 0.3) is 0 Å². The molecule has 0 aliphatic heterocycles. The number of carbonyl (C=O) groups is 2. The quantitative estimate of drug-likeness (QED) is 0.550. The van der Waals surface area contributed by atoms with Crippen LogP contribution in [0.5, 0.6) is 0 Å². The van der Waals surface area contributed by atoms with E-state index in [4.69, 9.17) is 0 Å². The summed E-state index contributed by atoms with van der Waals surface area (Å²) in [4.78, 5) is 22.3. The molecule has 1 rings (SSSR count). The Morgan fingerprint density at radius 3 is 2.53 bits per heavy atom. The second-order valence-corrected chi connectivity index (χ2v) is 5.61. The first-order chi connectivity index (χ1) is 7.83. The maximum absolute atomic E-state index is 11.5. The third kappa shape index (κ3) is 3.95. The topological polar surface area (TPSA) is 34.1 Å². The fourth-order valence-electron chi connectivity index (χ4n) is 2.49. The summed E-state index contributed by atoms with van der Waals surface area (Å²) in [6.45, 7) is 8.01. The van der Waals surface area contributed by atoms with Crippen LogP contribution in [0.3, 0.4) is 0 Å². The lowest BCUT2D eigenvalue weighted by Crippen LogP contribution is -2.19. The molecule has 2 nitrogen and oxygen atoms in total. The van der Waals surface area contributed by atoms with Gasteiger partial charge < -0.3 is 0 Å². The summed E-state index contributed by atoms with van der Waals surface area (Å²) >= 11 is 0. The Kier molecular flexibility index (Phi) is 4.44. The summed E-state index contributed by atoms with van der Waals surface area (Å²) < 4.78 is 0. The van der Waals surface area contributed by atoms with E-state index in [0.717, 1.165) is 12.8 Å². The van der Waals surface area contributed by atoms with Gasteiger partial charge in [0, 0.05) is 0 Å². The van der Waals surface area contributed by atoms with Gasteiger partial charge in [0.15, 0.2) is 5.78 Å². The van der Waals surface area contributed by atoms with Crippen LogP contribution in [0.2, 0.25) is 0 Å². The summed E-state index contributed by atoms with van der Waals surface area (Å²) in [5.74, 6) is -0.174. The standard InChI is InChI=1S/C15H22O2/c1-11-6-5-9-15(3,4)14(11)8-7-13(17)10-12(2)16/h7-8H,5-6,9-10H2,1-4H3. The Hall–Kier alpha value is -1.18. The van der Waals surface area contributed by atoms with Crippen molar-refractivity contribution in [2.75, 3.05) is 0 Å². The predicted molar refractivity (Wildman–Crippen MR) is 69.8 cm³/mol. The fraction of sp³-hybridized carbons (Fsp3) is 0.600. The van der Waals surface area contributed by atoms with Gasteiger partial charge in [-0.2, -0.15) is 0 Å². The molecule has 2 heteroatoms. The molecular formula is C15H22O2. The normalized spacial score (nSPS) is 19.8. The van der Waals surface area contributed by atoms with Crippen LogP contribution < -0.4 is 0 Å². The molecule has 0 saturated carbocycles. The maximum Gasteiger partial charge on any atom is 0.163 e. The van der Waals surface area contributed by atoms with Crippen molar-refractivity contribution in [1.29, 1.82) is 0 Å². The SMILES string of the molecule is CC(=O)CC(=O)C=CC1=C(C)CCCC1(C)C. The minimum atomic E-state index is -0.0980. The summed E-state index contributed by atoms with van der Waals surface area (Å²) in [6, 6.07) is 0. The van der Waals surface area contributed by atoms with Crippen molar-refractivity contribution in [1.82, 2.24) is 0 Å². The lowest BCUT2D eigenvalue weighted by Gasteiger charge is -2.32. The van der Waals surface area contributed by atoms with Gasteiger partial charge >= 0.3 is 0 Å². The molecule has 94 valence electrons. The van der Waals surface area contributed by atoms with Crippen LogP contribution in [0.25, 0.3) is 0 Å². The van der Waals surface area contributed by atoms with Gasteiger partial charge in [-0.1, -0.05) is 25.5 Å². The molecule has 0 saturated heterocycles.